The highest BCUT2D eigenvalue weighted by Crippen LogP contribution is 2.25. The molecule has 0 bridgehead atoms. The summed E-state index contributed by atoms with van der Waals surface area (Å²) in [5.74, 6) is 0.0511. The first-order chi connectivity index (χ1) is 9.08. The van der Waals surface area contributed by atoms with Gasteiger partial charge in [-0.1, -0.05) is 0 Å². The average molecular weight is 266 g/mol. The molecule has 0 radical (unpaired) electrons. The van der Waals surface area contributed by atoms with Gasteiger partial charge in [0.05, 0.1) is 6.42 Å². The molecule has 1 atom stereocenters. The van der Waals surface area contributed by atoms with Crippen LogP contribution in [0, 0.1) is 0 Å². The third-order valence-electron chi connectivity index (χ3n) is 3.44. The third kappa shape index (κ3) is 3.30. The van der Waals surface area contributed by atoms with E-state index in [1.165, 1.54) is 0 Å². The van der Waals surface area contributed by atoms with Gasteiger partial charge in [0.2, 0.25) is 5.91 Å². The Morgan fingerprint density at radius 2 is 2.26 bits per heavy atom. The number of nitrogens with zero attached hydrogens (tertiary/aromatic N) is 4. The highest BCUT2D eigenvalue weighted by Gasteiger charge is 2.27. The molecule has 2 heterocycles. The van der Waals surface area contributed by atoms with E-state index < -0.39 is 5.97 Å². The summed E-state index contributed by atoms with van der Waals surface area (Å²) in [5.41, 5.74) is 0. The molecule has 1 amide bonds. The van der Waals surface area contributed by atoms with E-state index in [0.717, 1.165) is 18.7 Å². The topological polar surface area (TPSA) is 88.3 Å². The first-order valence-electron chi connectivity index (χ1n) is 6.41. The highest BCUT2D eigenvalue weighted by molar-refractivity contribution is 5.80. The van der Waals surface area contributed by atoms with Crippen molar-refractivity contribution in [1.82, 2.24) is 19.7 Å². The number of aromatic nitrogens is 3. The van der Waals surface area contributed by atoms with Gasteiger partial charge in [-0.3, -0.25) is 9.59 Å². The minimum Gasteiger partial charge on any atom is -0.481 e. The molecule has 1 N–H and O–H groups in total. The number of piperidine rings is 1. The molecule has 19 heavy (non-hydrogen) atoms. The van der Waals surface area contributed by atoms with E-state index in [1.54, 1.807) is 11.2 Å². The third-order valence-corrected chi connectivity index (χ3v) is 3.44. The van der Waals surface area contributed by atoms with Crippen LogP contribution in [0.25, 0.3) is 0 Å². The number of rotatable bonds is 4. The van der Waals surface area contributed by atoms with Crippen molar-refractivity contribution in [2.24, 2.45) is 7.05 Å². The minimum absolute atomic E-state index is 0.0703. The predicted octanol–water partition coefficient (Wildman–Crippen LogP) is 0.386. The molecular weight excluding hydrogens is 248 g/mol. The van der Waals surface area contributed by atoms with E-state index in [9.17, 15) is 9.59 Å². The first kappa shape index (κ1) is 13.5. The van der Waals surface area contributed by atoms with Crippen molar-refractivity contribution in [3.8, 4) is 0 Å². The fourth-order valence-electron chi connectivity index (χ4n) is 2.45. The van der Waals surface area contributed by atoms with E-state index in [4.69, 9.17) is 5.11 Å². The van der Waals surface area contributed by atoms with Gasteiger partial charge in [0.1, 0.15) is 12.2 Å². The van der Waals surface area contributed by atoms with E-state index >= 15 is 0 Å². The molecule has 2 rings (SSSR count). The van der Waals surface area contributed by atoms with Crippen LogP contribution >= 0.6 is 0 Å². The van der Waals surface area contributed by atoms with Gasteiger partial charge >= 0.3 is 5.97 Å². The Labute approximate surface area is 111 Å². The Balaban J connectivity index is 1.95. The van der Waals surface area contributed by atoms with Gasteiger partial charge in [-0.05, 0) is 12.8 Å². The smallest absolute Gasteiger partial charge is 0.303 e. The Kier molecular flexibility index (Phi) is 4.13. The van der Waals surface area contributed by atoms with Crippen LogP contribution in [0.5, 0.6) is 0 Å². The molecule has 0 saturated carbocycles. The number of carboxylic acid groups (broad SMARTS) is 1. The summed E-state index contributed by atoms with van der Waals surface area (Å²) in [6.45, 7) is 1.30. The fraction of sp³-hybridized carbons (Fsp3) is 0.667. The second kappa shape index (κ2) is 5.81. The maximum Gasteiger partial charge on any atom is 0.303 e. The molecule has 1 saturated heterocycles. The van der Waals surface area contributed by atoms with Crippen molar-refractivity contribution >= 4 is 11.9 Å². The van der Waals surface area contributed by atoms with E-state index in [0.29, 0.717) is 13.1 Å². The molecular formula is C12H18N4O3. The summed E-state index contributed by atoms with van der Waals surface area (Å²) in [6, 6.07) is 0. The van der Waals surface area contributed by atoms with Gasteiger partial charge in [0.15, 0.2) is 0 Å². The normalized spacial score (nSPS) is 19.4. The largest absolute Gasteiger partial charge is 0.481 e. The first-order valence-corrected chi connectivity index (χ1v) is 6.41. The molecule has 1 aromatic heterocycles. The predicted molar refractivity (Wildman–Crippen MR) is 66.4 cm³/mol. The number of hydrogen-bond acceptors (Lipinski definition) is 4. The fourth-order valence-corrected chi connectivity index (χ4v) is 2.45. The van der Waals surface area contributed by atoms with Crippen LogP contribution in [0.1, 0.15) is 37.4 Å². The highest BCUT2D eigenvalue weighted by atomic mass is 16.4. The number of carbonyl (C=O) groups is 2. The van der Waals surface area contributed by atoms with Crippen LogP contribution in [0.3, 0.4) is 0 Å². The van der Waals surface area contributed by atoms with Crippen molar-refractivity contribution in [3.05, 3.63) is 12.2 Å². The molecule has 7 nitrogen and oxygen atoms in total. The summed E-state index contributed by atoms with van der Waals surface area (Å²) in [5, 5.41) is 16.6. The number of amides is 1. The average Bonchev–Trinajstić information content (AvgIpc) is 2.82. The van der Waals surface area contributed by atoms with Crippen LogP contribution in [0.4, 0.5) is 0 Å². The van der Waals surface area contributed by atoms with Crippen LogP contribution in [0.15, 0.2) is 6.33 Å². The van der Waals surface area contributed by atoms with Gasteiger partial charge in [0, 0.05) is 32.5 Å². The van der Waals surface area contributed by atoms with Crippen molar-refractivity contribution < 1.29 is 14.7 Å². The molecule has 1 aliphatic rings. The van der Waals surface area contributed by atoms with Crippen molar-refractivity contribution in [2.75, 3.05) is 13.1 Å². The van der Waals surface area contributed by atoms with Crippen molar-refractivity contribution in [2.45, 2.75) is 31.6 Å². The molecule has 0 unspecified atom stereocenters. The zero-order chi connectivity index (χ0) is 13.8. The second-order valence-corrected chi connectivity index (χ2v) is 4.87. The maximum absolute atomic E-state index is 11.9. The SMILES string of the molecule is Cn1cnnc1[C@@H]1CCCN(C(=O)CCC(=O)O)C1. The standard InChI is InChI=1S/C12H18N4O3/c1-15-8-13-14-12(15)9-3-2-6-16(7-9)10(17)4-5-11(18)19/h8-9H,2-7H2,1H3,(H,18,19)/t9-/m1/s1. The Hall–Kier alpha value is -1.92. The van der Waals surface area contributed by atoms with Gasteiger partial charge in [-0.2, -0.15) is 0 Å². The van der Waals surface area contributed by atoms with Gasteiger partial charge in [-0.15, -0.1) is 10.2 Å². The molecule has 0 spiro atoms. The van der Waals surface area contributed by atoms with Crippen LogP contribution in [-0.2, 0) is 16.6 Å². The number of aliphatic carboxylic acids is 1. The lowest BCUT2D eigenvalue weighted by molar-refractivity contribution is -0.141. The Morgan fingerprint density at radius 3 is 2.89 bits per heavy atom. The van der Waals surface area contributed by atoms with Gasteiger partial charge in [-0.25, -0.2) is 0 Å². The summed E-state index contributed by atoms with van der Waals surface area (Å²) < 4.78 is 1.87. The van der Waals surface area contributed by atoms with Crippen LogP contribution < -0.4 is 0 Å². The molecule has 0 aromatic carbocycles. The zero-order valence-electron chi connectivity index (χ0n) is 10.9. The van der Waals surface area contributed by atoms with Crippen LogP contribution in [0.2, 0.25) is 0 Å². The minimum atomic E-state index is -0.935. The van der Waals surface area contributed by atoms with Crippen molar-refractivity contribution in [1.29, 1.82) is 0 Å². The summed E-state index contributed by atoms with van der Waals surface area (Å²) in [4.78, 5) is 24.2. The molecule has 1 aliphatic heterocycles. The number of aryl methyl sites for hydroxylation is 1. The Bertz CT molecular complexity index is 471. The van der Waals surface area contributed by atoms with Gasteiger partial charge < -0.3 is 14.6 Å². The van der Waals surface area contributed by atoms with Gasteiger partial charge in [0.25, 0.3) is 0 Å². The number of hydrogen-bond donors (Lipinski definition) is 1. The van der Waals surface area contributed by atoms with E-state index in [2.05, 4.69) is 10.2 Å². The Morgan fingerprint density at radius 1 is 1.47 bits per heavy atom. The molecule has 1 fully saturated rings. The van der Waals surface area contributed by atoms with E-state index in [-0.39, 0.29) is 24.7 Å². The lowest BCUT2D eigenvalue weighted by Crippen LogP contribution is -2.39. The quantitative estimate of drug-likeness (QED) is 0.851. The second-order valence-electron chi connectivity index (χ2n) is 4.87. The molecule has 7 heteroatoms. The monoisotopic (exact) mass is 266 g/mol. The maximum atomic E-state index is 11.9. The summed E-state index contributed by atoms with van der Waals surface area (Å²) in [7, 11) is 1.89. The van der Waals surface area contributed by atoms with Crippen LogP contribution in [-0.4, -0.2) is 49.7 Å². The molecule has 104 valence electrons. The number of likely N-dealkylation sites (tertiary alicyclic amines) is 1. The number of carbonyl (C=O) groups excluding carboxylic acids is 1. The summed E-state index contributed by atoms with van der Waals surface area (Å²) >= 11 is 0. The van der Waals surface area contributed by atoms with E-state index in [1.807, 2.05) is 11.6 Å². The lowest BCUT2D eigenvalue weighted by Gasteiger charge is -2.32. The lowest BCUT2D eigenvalue weighted by atomic mass is 9.97. The molecule has 1 aromatic rings. The molecule has 0 aliphatic carbocycles. The number of carboxylic acids is 1. The zero-order valence-corrected chi connectivity index (χ0v) is 10.9. The van der Waals surface area contributed by atoms with Crippen molar-refractivity contribution in [3.63, 3.8) is 0 Å². The summed E-state index contributed by atoms with van der Waals surface area (Å²) in [6.07, 6.45) is 3.51.